The van der Waals surface area contributed by atoms with E-state index in [2.05, 4.69) is 24.3 Å². The van der Waals surface area contributed by atoms with Crippen LogP contribution in [0.1, 0.15) is 11.1 Å². The molecule has 0 aliphatic heterocycles. The zero-order chi connectivity index (χ0) is 12.8. The van der Waals surface area contributed by atoms with Gasteiger partial charge in [0, 0.05) is 13.1 Å². The van der Waals surface area contributed by atoms with Gasteiger partial charge in [0.05, 0.1) is 0 Å². The molecular weight excluding hydrogens is 258 g/mol. The minimum Gasteiger partial charge on any atom is -0.411 e. The summed E-state index contributed by atoms with van der Waals surface area (Å²) in [4.78, 5) is 2.04. The van der Waals surface area contributed by atoms with Gasteiger partial charge in [0.2, 0.25) is 0 Å². The summed E-state index contributed by atoms with van der Waals surface area (Å²) >= 11 is 10.3. The van der Waals surface area contributed by atoms with Gasteiger partial charge in [-0.2, -0.15) is 0 Å². The first kappa shape index (κ1) is 13.0. The zero-order valence-electron chi connectivity index (χ0n) is 9.95. The van der Waals surface area contributed by atoms with Gasteiger partial charge in [-0.1, -0.05) is 65.0 Å². The highest BCUT2D eigenvalue weighted by Gasteiger charge is 2.03. The average Bonchev–Trinajstić information content (AvgIpc) is 2.40. The van der Waals surface area contributed by atoms with Crippen LogP contribution in [0.3, 0.4) is 0 Å². The Morgan fingerprint density at radius 3 is 1.56 bits per heavy atom. The fraction of sp³-hybridized carbons (Fsp3) is 0.133. The molecule has 0 atom stereocenters. The van der Waals surface area contributed by atoms with Crippen LogP contribution in [-0.2, 0) is 25.7 Å². The Morgan fingerprint density at radius 2 is 1.22 bits per heavy atom. The van der Waals surface area contributed by atoms with Gasteiger partial charge >= 0.3 is 0 Å². The second-order valence-corrected chi connectivity index (χ2v) is 5.12. The largest absolute Gasteiger partial charge is 0.411 e. The third-order valence-electron chi connectivity index (χ3n) is 2.69. The van der Waals surface area contributed by atoms with Gasteiger partial charge in [0.15, 0.2) is 0 Å². The van der Waals surface area contributed by atoms with E-state index in [0.717, 1.165) is 13.1 Å². The molecule has 0 spiro atoms. The highest BCUT2D eigenvalue weighted by molar-refractivity contribution is 8.00. The van der Waals surface area contributed by atoms with Crippen molar-refractivity contribution in [1.82, 2.24) is 4.90 Å². The van der Waals surface area contributed by atoms with E-state index in [1.165, 1.54) is 11.1 Å². The number of nitrogens with zero attached hydrogens (tertiary/aromatic N) is 1. The van der Waals surface area contributed by atoms with Crippen LogP contribution in [0.25, 0.3) is 0 Å². The van der Waals surface area contributed by atoms with Crippen LogP contribution in [0.4, 0.5) is 0 Å². The lowest BCUT2D eigenvalue weighted by Gasteiger charge is -2.28. The van der Waals surface area contributed by atoms with Crippen molar-refractivity contribution in [3.05, 3.63) is 71.8 Å². The molecular formula is C15H14NS2-. The highest BCUT2D eigenvalue weighted by Crippen LogP contribution is 2.10. The standard InChI is InChI=1S/C15H15NS2/c17-15(18)16(11-13-7-3-1-4-8-13)12-14-9-5-2-6-10-14/h1-10H,11-12H2,(H,17,18)/p-1. The Morgan fingerprint density at radius 1 is 0.833 bits per heavy atom. The van der Waals surface area contributed by atoms with Crippen LogP contribution >= 0.6 is 12.2 Å². The second-order valence-electron chi connectivity index (χ2n) is 4.09. The summed E-state index contributed by atoms with van der Waals surface area (Å²) in [5, 5.41) is 0. The summed E-state index contributed by atoms with van der Waals surface area (Å²) in [6.45, 7) is 1.52. The molecule has 18 heavy (non-hydrogen) atoms. The van der Waals surface area contributed by atoms with Gasteiger partial charge < -0.3 is 29.7 Å². The first-order valence-corrected chi connectivity index (χ1v) is 6.61. The summed E-state index contributed by atoms with van der Waals surface area (Å²) < 4.78 is 0.516. The molecule has 0 N–H and O–H groups in total. The first-order valence-electron chi connectivity index (χ1n) is 5.79. The third-order valence-corrected chi connectivity index (χ3v) is 3.21. The quantitative estimate of drug-likeness (QED) is 0.619. The molecule has 92 valence electrons. The van der Waals surface area contributed by atoms with Crippen LogP contribution in [0.5, 0.6) is 0 Å². The minimum absolute atomic E-state index is 0.516. The molecule has 2 rings (SSSR count). The number of thiocarbonyl (C=S) groups is 1. The molecule has 1 nitrogen and oxygen atoms in total. The predicted octanol–water partition coefficient (Wildman–Crippen LogP) is 3.52. The summed E-state index contributed by atoms with van der Waals surface area (Å²) in [5.41, 5.74) is 2.45. The van der Waals surface area contributed by atoms with Crippen molar-refractivity contribution in [3.63, 3.8) is 0 Å². The van der Waals surface area contributed by atoms with Gasteiger partial charge in [-0.3, -0.25) is 0 Å². The van der Waals surface area contributed by atoms with E-state index in [1.807, 2.05) is 41.3 Å². The number of benzene rings is 2. The number of rotatable bonds is 4. The summed E-state index contributed by atoms with van der Waals surface area (Å²) in [5.74, 6) is 0. The van der Waals surface area contributed by atoms with Crippen LogP contribution in [0.15, 0.2) is 60.7 Å². The van der Waals surface area contributed by atoms with Crippen molar-refractivity contribution < 1.29 is 0 Å². The van der Waals surface area contributed by atoms with Crippen LogP contribution in [-0.4, -0.2) is 9.22 Å². The van der Waals surface area contributed by atoms with E-state index in [4.69, 9.17) is 24.8 Å². The predicted molar refractivity (Wildman–Crippen MR) is 82.1 cm³/mol. The minimum atomic E-state index is 0.516. The lowest BCUT2D eigenvalue weighted by atomic mass is 10.2. The first-order chi connectivity index (χ1) is 8.75. The van der Waals surface area contributed by atoms with Crippen LogP contribution in [0, 0.1) is 0 Å². The molecule has 0 amide bonds. The van der Waals surface area contributed by atoms with E-state index in [0.29, 0.717) is 4.32 Å². The highest BCUT2D eigenvalue weighted by atomic mass is 32.1. The zero-order valence-corrected chi connectivity index (χ0v) is 11.6. The monoisotopic (exact) mass is 272 g/mol. The number of hydrogen-bond donors (Lipinski definition) is 0. The molecule has 2 aromatic carbocycles. The molecule has 2 aromatic rings. The fourth-order valence-electron chi connectivity index (χ4n) is 1.79. The lowest BCUT2D eigenvalue weighted by molar-refractivity contribution is 0.421. The second kappa shape index (κ2) is 6.47. The molecule has 0 heterocycles. The van der Waals surface area contributed by atoms with Crippen molar-refractivity contribution in [3.8, 4) is 0 Å². The molecule has 0 radical (unpaired) electrons. The molecule has 0 bridgehead atoms. The average molecular weight is 272 g/mol. The van der Waals surface area contributed by atoms with E-state index in [9.17, 15) is 0 Å². The SMILES string of the molecule is S=C([S-])N(Cc1ccccc1)Cc1ccccc1. The maximum atomic E-state index is 5.16. The summed E-state index contributed by atoms with van der Waals surface area (Å²) in [6, 6.07) is 20.5. The molecule has 0 saturated carbocycles. The molecule has 0 aliphatic carbocycles. The van der Waals surface area contributed by atoms with Crippen molar-refractivity contribution >= 4 is 29.2 Å². The van der Waals surface area contributed by atoms with Gasteiger partial charge in [0.25, 0.3) is 0 Å². The Bertz CT molecular complexity index is 455. The van der Waals surface area contributed by atoms with Crippen LogP contribution in [0.2, 0.25) is 0 Å². The Hall–Kier alpha value is -1.45. The Labute approximate surface area is 119 Å². The van der Waals surface area contributed by atoms with E-state index in [1.54, 1.807) is 0 Å². The molecule has 0 fully saturated rings. The molecule has 0 aliphatic rings. The van der Waals surface area contributed by atoms with E-state index < -0.39 is 0 Å². The van der Waals surface area contributed by atoms with Crippen LogP contribution < -0.4 is 0 Å². The topological polar surface area (TPSA) is 3.24 Å². The fourth-order valence-corrected chi connectivity index (χ4v) is 2.05. The van der Waals surface area contributed by atoms with Gasteiger partial charge in [-0.05, 0) is 11.1 Å². The molecule has 0 unspecified atom stereocenters. The normalized spacial score (nSPS) is 10.0. The van der Waals surface area contributed by atoms with Gasteiger partial charge in [-0.15, -0.1) is 0 Å². The number of hydrogen-bond acceptors (Lipinski definition) is 2. The van der Waals surface area contributed by atoms with Crippen molar-refractivity contribution in [2.45, 2.75) is 13.1 Å². The lowest BCUT2D eigenvalue weighted by Crippen LogP contribution is -2.26. The summed E-state index contributed by atoms with van der Waals surface area (Å²) in [6.07, 6.45) is 0. The maximum absolute atomic E-state index is 5.16. The van der Waals surface area contributed by atoms with Gasteiger partial charge in [0.1, 0.15) is 0 Å². The smallest absolute Gasteiger partial charge is 0.0417 e. The third kappa shape index (κ3) is 3.79. The van der Waals surface area contributed by atoms with E-state index >= 15 is 0 Å². The summed E-state index contributed by atoms with van der Waals surface area (Å²) in [7, 11) is 0. The van der Waals surface area contributed by atoms with Crippen molar-refractivity contribution in [2.75, 3.05) is 0 Å². The van der Waals surface area contributed by atoms with Crippen molar-refractivity contribution in [2.24, 2.45) is 0 Å². The molecule has 0 saturated heterocycles. The molecule has 3 heteroatoms. The maximum Gasteiger partial charge on any atom is 0.0417 e. The Balaban J connectivity index is 2.08. The van der Waals surface area contributed by atoms with Crippen molar-refractivity contribution in [1.29, 1.82) is 0 Å². The Kier molecular flexibility index (Phi) is 4.67. The molecule has 0 aromatic heterocycles. The van der Waals surface area contributed by atoms with Gasteiger partial charge in [-0.25, -0.2) is 0 Å². The van der Waals surface area contributed by atoms with E-state index in [-0.39, 0.29) is 0 Å².